The van der Waals surface area contributed by atoms with Crippen LogP contribution in [0.2, 0.25) is 0 Å². The molecule has 0 unspecified atom stereocenters. The van der Waals surface area contributed by atoms with Crippen LogP contribution in [0.3, 0.4) is 0 Å². The van der Waals surface area contributed by atoms with E-state index >= 15 is 0 Å². The summed E-state index contributed by atoms with van der Waals surface area (Å²) in [5.74, 6) is 3.08. The Hall–Kier alpha value is -2.99. The standard InChI is InChI=1S/C24H28N6/c1-19-26-22-10-12-28(17-20-7-3-2-4-8-20)18-21(22)24(27-19)30-15-13-29(14-16-30)23-9-5-6-11-25-23/h2-9,11H,10,12-18H2,1H3. The minimum absolute atomic E-state index is 0.882. The van der Waals surface area contributed by atoms with Gasteiger partial charge in [0.15, 0.2) is 0 Å². The number of hydrogen-bond donors (Lipinski definition) is 0. The first-order chi connectivity index (χ1) is 14.8. The second-order valence-electron chi connectivity index (χ2n) is 8.13. The van der Waals surface area contributed by atoms with Gasteiger partial charge in [0.2, 0.25) is 0 Å². The number of fused-ring (bicyclic) bond motifs is 1. The average Bonchev–Trinajstić information content (AvgIpc) is 2.80. The lowest BCUT2D eigenvalue weighted by molar-refractivity contribution is 0.243. The van der Waals surface area contributed by atoms with Gasteiger partial charge in [0.05, 0.1) is 5.69 Å². The third-order valence-corrected chi connectivity index (χ3v) is 6.03. The van der Waals surface area contributed by atoms with Crippen molar-refractivity contribution in [3.63, 3.8) is 0 Å². The molecule has 5 rings (SSSR count). The summed E-state index contributed by atoms with van der Waals surface area (Å²) < 4.78 is 0. The largest absolute Gasteiger partial charge is 0.353 e. The van der Waals surface area contributed by atoms with E-state index in [1.165, 1.54) is 16.8 Å². The third kappa shape index (κ3) is 4.00. The topological polar surface area (TPSA) is 48.4 Å². The van der Waals surface area contributed by atoms with Crippen molar-refractivity contribution in [1.29, 1.82) is 0 Å². The van der Waals surface area contributed by atoms with Crippen LogP contribution in [0.1, 0.15) is 22.6 Å². The Morgan fingerprint density at radius 1 is 0.833 bits per heavy atom. The number of benzene rings is 1. The van der Waals surface area contributed by atoms with E-state index < -0.39 is 0 Å². The highest BCUT2D eigenvalue weighted by Crippen LogP contribution is 2.28. The maximum atomic E-state index is 4.90. The Morgan fingerprint density at radius 3 is 2.37 bits per heavy atom. The number of pyridine rings is 1. The molecule has 0 radical (unpaired) electrons. The minimum Gasteiger partial charge on any atom is -0.353 e. The summed E-state index contributed by atoms with van der Waals surface area (Å²) in [7, 11) is 0. The number of aryl methyl sites for hydroxylation is 1. The number of nitrogens with zero attached hydrogens (tertiary/aromatic N) is 6. The molecule has 4 heterocycles. The Kier molecular flexibility index (Phi) is 5.32. The number of hydrogen-bond acceptors (Lipinski definition) is 6. The Bertz CT molecular complexity index is 983. The Labute approximate surface area is 178 Å². The highest BCUT2D eigenvalue weighted by Gasteiger charge is 2.27. The van der Waals surface area contributed by atoms with Crippen LogP contribution in [0.25, 0.3) is 0 Å². The van der Waals surface area contributed by atoms with E-state index in [4.69, 9.17) is 9.97 Å². The normalized spacial score (nSPS) is 17.1. The molecule has 0 bridgehead atoms. The molecule has 2 aliphatic heterocycles. The first kappa shape index (κ1) is 19.0. The quantitative estimate of drug-likeness (QED) is 0.671. The predicted octanol–water partition coefficient (Wildman–Crippen LogP) is 3.06. The second kappa shape index (κ2) is 8.40. The molecule has 6 heteroatoms. The Morgan fingerprint density at radius 2 is 1.60 bits per heavy atom. The van der Waals surface area contributed by atoms with E-state index in [2.05, 4.69) is 62.1 Å². The van der Waals surface area contributed by atoms with E-state index in [1.54, 1.807) is 0 Å². The zero-order valence-electron chi connectivity index (χ0n) is 17.5. The van der Waals surface area contributed by atoms with Gasteiger partial charge in [0.1, 0.15) is 17.5 Å². The Balaban J connectivity index is 1.33. The summed E-state index contributed by atoms with van der Waals surface area (Å²) in [6, 6.07) is 16.8. The molecular formula is C24H28N6. The van der Waals surface area contributed by atoms with E-state index in [0.29, 0.717) is 0 Å². The van der Waals surface area contributed by atoms with Gasteiger partial charge in [0, 0.05) is 64.0 Å². The van der Waals surface area contributed by atoms with Gasteiger partial charge in [-0.15, -0.1) is 0 Å². The van der Waals surface area contributed by atoms with Crippen molar-refractivity contribution < 1.29 is 0 Å². The third-order valence-electron chi connectivity index (χ3n) is 6.03. The summed E-state index contributed by atoms with van der Waals surface area (Å²) >= 11 is 0. The fourth-order valence-corrected chi connectivity index (χ4v) is 4.50. The van der Waals surface area contributed by atoms with E-state index in [0.717, 1.165) is 69.7 Å². The molecule has 3 aromatic rings. The van der Waals surface area contributed by atoms with E-state index in [-0.39, 0.29) is 0 Å². The van der Waals surface area contributed by atoms with Crippen molar-refractivity contribution in [3.05, 3.63) is 77.4 Å². The van der Waals surface area contributed by atoms with Crippen LogP contribution in [0, 0.1) is 6.92 Å². The highest BCUT2D eigenvalue weighted by molar-refractivity contribution is 5.52. The lowest BCUT2D eigenvalue weighted by Gasteiger charge is -2.38. The summed E-state index contributed by atoms with van der Waals surface area (Å²) in [4.78, 5) is 21.5. The second-order valence-corrected chi connectivity index (χ2v) is 8.13. The SMILES string of the molecule is Cc1nc2c(c(N3CCN(c4ccccn4)CC3)n1)CN(Cc1ccccc1)CC2. The molecule has 1 aromatic carbocycles. The molecule has 2 aromatic heterocycles. The molecule has 1 fully saturated rings. The molecule has 30 heavy (non-hydrogen) atoms. The molecule has 0 aliphatic carbocycles. The fourth-order valence-electron chi connectivity index (χ4n) is 4.50. The van der Waals surface area contributed by atoms with Crippen LogP contribution in [-0.4, -0.2) is 52.6 Å². The predicted molar refractivity (Wildman–Crippen MR) is 120 cm³/mol. The number of rotatable bonds is 4. The number of anilines is 2. The monoisotopic (exact) mass is 400 g/mol. The first-order valence-electron chi connectivity index (χ1n) is 10.8. The van der Waals surface area contributed by atoms with Crippen molar-refractivity contribution in [3.8, 4) is 0 Å². The van der Waals surface area contributed by atoms with Crippen LogP contribution in [0.4, 0.5) is 11.6 Å². The molecule has 154 valence electrons. The maximum Gasteiger partial charge on any atom is 0.137 e. The maximum absolute atomic E-state index is 4.90. The van der Waals surface area contributed by atoms with Gasteiger partial charge in [-0.05, 0) is 24.6 Å². The summed E-state index contributed by atoms with van der Waals surface area (Å²) in [5.41, 5.74) is 3.91. The van der Waals surface area contributed by atoms with Crippen molar-refractivity contribution in [2.24, 2.45) is 0 Å². The van der Waals surface area contributed by atoms with Crippen molar-refractivity contribution in [2.75, 3.05) is 42.5 Å². The molecule has 0 atom stereocenters. The molecule has 1 saturated heterocycles. The van der Waals surface area contributed by atoms with Gasteiger partial charge in [-0.2, -0.15) is 0 Å². The molecule has 2 aliphatic rings. The van der Waals surface area contributed by atoms with E-state index in [9.17, 15) is 0 Å². The van der Waals surface area contributed by atoms with Crippen LogP contribution >= 0.6 is 0 Å². The van der Waals surface area contributed by atoms with Gasteiger partial charge in [-0.1, -0.05) is 36.4 Å². The summed E-state index contributed by atoms with van der Waals surface area (Å²) in [6.45, 7) is 8.79. The molecule has 0 amide bonds. The van der Waals surface area contributed by atoms with E-state index in [1.807, 2.05) is 19.2 Å². The van der Waals surface area contributed by atoms with Gasteiger partial charge in [-0.25, -0.2) is 15.0 Å². The van der Waals surface area contributed by atoms with Crippen LogP contribution in [-0.2, 0) is 19.5 Å². The summed E-state index contributed by atoms with van der Waals surface area (Å²) in [5, 5.41) is 0. The summed E-state index contributed by atoms with van der Waals surface area (Å²) in [6.07, 6.45) is 2.86. The molecule has 0 N–H and O–H groups in total. The molecule has 0 saturated carbocycles. The smallest absolute Gasteiger partial charge is 0.137 e. The van der Waals surface area contributed by atoms with Gasteiger partial charge < -0.3 is 9.80 Å². The molecule has 6 nitrogen and oxygen atoms in total. The molecule has 0 spiro atoms. The van der Waals surface area contributed by atoms with Gasteiger partial charge in [-0.3, -0.25) is 4.90 Å². The first-order valence-corrected chi connectivity index (χ1v) is 10.8. The van der Waals surface area contributed by atoms with Crippen LogP contribution in [0.15, 0.2) is 54.7 Å². The van der Waals surface area contributed by atoms with Crippen LogP contribution in [0.5, 0.6) is 0 Å². The van der Waals surface area contributed by atoms with Gasteiger partial charge >= 0.3 is 0 Å². The van der Waals surface area contributed by atoms with Gasteiger partial charge in [0.25, 0.3) is 0 Å². The van der Waals surface area contributed by atoms with Crippen LogP contribution < -0.4 is 9.80 Å². The highest BCUT2D eigenvalue weighted by atomic mass is 15.3. The lowest BCUT2D eigenvalue weighted by Crippen LogP contribution is -2.48. The number of aromatic nitrogens is 3. The van der Waals surface area contributed by atoms with Crippen molar-refractivity contribution >= 4 is 11.6 Å². The minimum atomic E-state index is 0.882. The fraction of sp³-hybridized carbons (Fsp3) is 0.375. The number of piperazine rings is 1. The van der Waals surface area contributed by atoms with Crippen molar-refractivity contribution in [1.82, 2.24) is 19.9 Å². The zero-order valence-corrected chi connectivity index (χ0v) is 17.5. The lowest BCUT2D eigenvalue weighted by atomic mass is 10.0. The molecular weight excluding hydrogens is 372 g/mol. The van der Waals surface area contributed by atoms with Crippen molar-refractivity contribution in [2.45, 2.75) is 26.4 Å². The zero-order chi connectivity index (χ0) is 20.3. The average molecular weight is 401 g/mol.